The quantitative estimate of drug-likeness (QED) is 0.540. The van der Waals surface area contributed by atoms with E-state index in [4.69, 9.17) is 9.47 Å². The van der Waals surface area contributed by atoms with Crippen LogP contribution in [-0.2, 0) is 19.0 Å². The van der Waals surface area contributed by atoms with Crippen LogP contribution in [0.5, 0.6) is 0 Å². The SMILES string of the molecule is C=C(C(=O)OC)[C@H](O)[C@H]1COC(C)(C)O1. The lowest BCUT2D eigenvalue weighted by atomic mass is 10.1. The number of hydrogen-bond acceptors (Lipinski definition) is 5. The third kappa shape index (κ3) is 2.77. The highest BCUT2D eigenvalue weighted by Gasteiger charge is 2.39. The van der Waals surface area contributed by atoms with Crippen molar-refractivity contribution >= 4 is 5.97 Å². The fourth-order valence-corrected chi connectivity index (χ4v) is 1.35. The summed E-state index contributed by atoms with van der Waals surface area (Å²) in [6.45, 7) is 7.16. The van der Waals surface area contributed by atoms with Crippen molar-refractivity contribution in [1.82, 2.24) is 0 Å². The summed E-state index contributed by atoms with van der Waals surface area (Å²) in [5.41, 5.74) is -0.0243. The van der Waals surface area contributed by atoms with E-state index in [2.05, 4.69) is 11.3 Å². The Morgan fingerprint density at radius 1 is 1.67 bits per heavy atom. The number of rotatable bonds is 3. The van der Waals surface area contributed by atoms with Gasteiger partial charge in [0.1, 0.15) is 12.2 Å². The molecule has 0 spiro atoms. The maximum atomic E-state index is 11.1. The molecule has 86 valence electrons. The standard InChI is InChI=1S/C10H16O5/c1-6(9(12)13-4)8(11)7-5-14-10(2,3)15-7/h7-8,11H,1,5H2,2-4H3/t7-,8+/m1/s1. The molecular weight excluding hydrogens is 200 g/mol. The molecule has 0 bridgehead atoms. The van der Waals surface area contributed by atoms with E-state index in [1.165, 1.54) is 7.11 Å². The minimum absolute atomic E-state index is 0.0243. The van der Waals surface area contributed by atoms with E-state index in [-0.39, 0.29) is 12.2 Å². The van der Waals surface area contributed by atoms with Gasteiger partial charge in [-0.25, -0.2) is 4.79 Å². The van der Waals surface area contributed by atoms with Gasteiger partial charge in [-0.15, -0.1) is 0 Å². The maximum Gasteiger partial charge on any atom is 0.335 e. The Bertz CT molecular complexity index is 271. The average molecular weight is 216 g/mol. The zero-order chi connectivity index (χ0) is 11.6. The Hall–Kier alpha value is -0.910. The van der Waals surface area contributed by atoms with Gasteiger partial charge in [-0.1, -0.05) is 6.58 Å². The molecule has 0 aromatic heterocycles. The summed E-state index contributed by atoms with van der Waals surface area (Å²) in [6, 6.07) is 0. The van der Waals surface area contributed by atoms with Crippen molar-refractivity contribution in [3.8, 4) is 0 Å². The molecule has 0 aromatic rings. The lowest BCUT2D eigenvalue weighted by Crippen LogP contribution is -2.34. The Balaban J connectivity index is 2.59. The third-order valence-electron chi connectivity index (χ3n) is 2.19. The molecule has 1 aliphatic heterocycles. The summed E-state index contributed by atoms with van der Waals surface area (Å²) >= 11 is 0. The van der Waals surface area contributed by atoms with Crippen LogP contribution in [0.15, 0.2) is 12.2 Å². The molecule has 0 saturated carbocycles. The van der Waals surface area contributed by atoms with Gasteiger partial charge in [-0.2, -0.15) is 0 Å². The van der Waals surface area contributed by atoms with Crippen LogP contribution in [0.3, 0.4) is 0 Å². The van der Waals surface area contributed by atoms with Gasteiger partial charge in [-0.05, 0) is 13.8 Å². The van der Waals surface area contributed by atoms with Gasteiger partial charge >= 0.3 is 5.97 Å². The molecule has 0 radical (unpaired) electrons. The van der Waals surface area contributed by atoms with Crippen LogP contribution in [0.2, 0.25) is 0 Å². The summed E-state index contributed by atoms with van der Waals surface area (Å²) in [6.07, 6.45) is -1.68. The molecule has 0 amide bonds. The van der Waals surface area contributed by atoms with Gasteiger partial charge in [-0.3, -0.25) is 0 Å². The summed E-state index contributed by atoms with van der Waals surface area (Å²) in [5, 5.41) is 9.75. The minimum Gasteiger partial charge on any atom is -0.466 e. The Kier molecular flexibility index (Phi) is 3.49. The molecule has 5 nitrogen and oxygen atoms in total. The predicted octanol–water partition coefficient (Wildman–Crippen LogP) is 0.228. The average Bonchev–Trinajstić information content (AvgIpc) is 2.55. The van der Waals surface area contributed by atoms with Crippen molar-refractivity contribution < 1.29 is 24.1 Å². The lowest BCUT2D eigenvalue weighted by Gasteiger charge is -2.20. The van der Waals surface area contributed by atoms with Crippen LogP contribution in [0.1, 0.15) is 13.8 Å². The zero-order valence-corrected chi connectivity index (χ0v) is 9.15. The van der Waals surface area contributed by atoms with Gasteiger partial charge in [0.15, 0.2) is 5.79 Å². The fourth-order valence-electron chi connectivity index (χ4n) is 1.35. The van der Waals surface area contributed by atoms with Gasteiger partial charge in [0, 0.05) is 0 Å². The monoisotopic (exact) mass is 216 g/mol. The predicted molar refractivity (Wildman–Crippen MR) is 52.1 cm³/mol. The number of carbonyl (C=O) groups excluding carboxylic acids is 1. The molecule has 1 fully saturated rings. The smallest absolute Gasteiger partial charge is 0.335 e. The van der Waals surface area contributed by atoms with Crippen LogP contribution in [-0.4, -0.2) is 42.8 Å². The van der Waals surface area contributed by atoms with Gasteiger partial charge < -0.3 is 19.3 Å². The van der Waals surface area contributed by atoms with E-state index < -0.39 is 24.0 Å². The molecule has 1 heterocycles. The molecule has 1 aliphatic rings. The highest BCUT2D eigenvalue weighted by atomic mass is 16.7. The highest BCUT2D eigenvalue weighted by molar-refractivity contribution is 5.88. The van der Waals surface area contributed by atoms with Gasteiger partial charge in [0.05, 0.1) is 19.3 Å². The van der Waals surface area contributed by atoms with Crippen LogP contribution in [0, 0.1) is 0 Å². The maximum absolute atomic E-state index is 11.1. The Morgan fingerprint density at radius 3 is 2.67 bits per heavy atom. The van der Waals surface area contributed by atoms with Gasteiger partial charge in [0.2, 0.25) is 0 Å². The first-order valence-corrected chi connectivity index (χ1v) is 4.64. The van der Waals surface area contributed by atoms with Crippen LogP contribution in [0.25, 0.3) is 0 Å². The molecule has 15 heavy (non-hydrogen) atoms. The van der Waals surface area contributed by atoms with E-state index in [9.17, 15) is 9.90 Å². The molecule has 2 atom stereocenters. The van der Waals surface area contributed by atoms with Gasteiger partial charge in [0.25, 0.3) is 0 Å². The number of hydrogen-bond donors (Lipinski definition) is 1. The molecule has 0 aromatic carbocycles. The minimum atomic E-state index is -1.10. The lowest BCUT2D eigenvalue weighted by molar-refractivity contribution is -0.152. The Morgan fingerprint density at radius 2 is 2.27 bits per heavy atom. The number of aliphatic hydroxyl groups excluding tert-OH is 1. The Labute approximate surface area is 88.6 Å². The van der Waals surface area contributed by atoms with Crippen molar-refractivity contribution in [1.29, 1.82) is 0 Å². The summed E-state index contributed by atoms with van der Waals surface area (Å²) in [7, 11) is 1.23. The first-order chi connectivity index (χ1) is 6.87. The highest BCUT2D eigenvalue weighted by Crippen LogP contribution is 2.26. The van der Waals surface area contributed by atoms with Crippen LogP contribution >= 0.6 is 0 Å². The van der Waals surface area contributed by atoms with E-state index in [1.54, 1.807) is 13.8 Å². The van der Waals surface area contributed by atoms with Crippen molar-refractivity contribution in [3.63, 3.8) is 0 Å². The second-order valence-electron chi connectivity index (χ2n) is 3.83. The van der Waals surface area contributed by atoms with Crippen molar-refractivity contribution in [3.05, 3.63) is 12.2 Å². The van der Waals surface area contributed by atoms with E-state index in [0.717, 1.165) is 0 Å². The second kappa shape index (κ2) is 4.30. The fraction of sp³-hybridized carbons (Fsp3) is 0.700. The van der Waals surface area contributed by atoms with Crippen LogP contribution < -0.4 is 0 Å². The molecule has 0 aliphatic carbocycles. The number of aliphatic hydroxyl groups is 1. The van der Waals surface area contributed by atoms with E-state index in [0.29, 0.717) is 0 Å². The molecule has 0 unspecified atom stereocenters. The van der Waals surface area contributed by atoms with Crippen LogP contribution in [0.4, 0.5) is 0 Å². The normalized spacial score (nSPS) is 26.0. The largest absolute Gasteiger partial charge is 0.466 e. The van der Waals surface area contributed by atoms with E-state index >= 15 is 0 Å². The second-order valence-corrected chi connectivity index (χ2v) is 3.83. The first kappa shape index (κ1) is 12.2. The van der Waals surface area contributed by atoms with Crippen molar-refractivity contribution in [2.24, 2.45) is 0 Å². The number of esters is 1. The number of methoxy groups -OCH3 is 1. The number of carbonyl (C=O) groups is 1. The topological polar surface area (TPSA) is 65.0 Å². The first-order valence-electron chi connectivity index (χ1n) is 4.64. The van der Waals surface area contributed by atoms with Crippen molar-refractivity contribution in [2.75, 3.05) is 13.7 Å². The zero-order valence-electron chi connectivity index (χ0n) is 9.15. The molecule has 5 heteroatoms. The molecule has 1 saturated heterocycles. The van der Waals surface area contributed by atoms with E-state index in [1.807, 2.05) is 0 Å². The summed E-state index contributed by atoms with van der Waals surface area (Å²) < 4.78 is 15.1. The summed E-state index contributed by atoms with van der Waals surface area (Å²) in [5.74, 6) is -1.38. The number of ether oxygens (including phenoxy) is 3. The van der Waals surface area contributed by atoms with Crippen molar-refractivity contribution in [2.45, 2.75) is 31.8 Å². The molecular formula is C10H16O5. The molecule has 1 rings (SSSR count). The summed E-state index contributed by atoms with van der Waals surface area (Å²) in [4.78, 5) is 11.1. The molecule has 1 N–H and O–H groups in total. The third-order valence-corrected chi connectivity index (χ3v) is 2.19.